The van der Waals surface area contributed by atoms with Gasteiger partial charge in [-0.3, -0.25) is 0 Å². The van der Waals surface area contributed by atoms with Gasteiger partial charge in [0.15, 0.2) is 0 Å². The summed E-state index contributed by atoms with van der Waals surface area (Å²) >= 11 is 0. The highest BCUT2D eigenvalue weighted by molar-refractivity contribution is 5.16. The summed E-state index contributed by atoms with van der Waals surface area (Å²) in [6.07, 6.45) is 6.37. The standard InChI is InChI=1S/C12H15N3/c1-3-9(13-7-1)11-5-6-12(15-11)10-4-2-8-14-10/h1-4,7-8,11-15H,5-6H2/t11-,12-/m0/s1. The van der Waals surface area contributed by atoms with Crippen molar-refractivity contribution in [2.45, 2.75) is 24.9 Å². The smallest absolute Gasteiger partial charge is 0.0478 e. The summed E-state index contributed by atoms with van der Waals surface area (Å²) in [4.78, 5) is 6.54. The van der Waals surface area contributed by atoms with Gasteiger partial charge >= 0.3 is 0 Å². The normalized spacial score (nSPS) is 25.9. The van der Waals surface area contributed by atoms with Crippen LogP contribution in [0.3, 0.4) is 0 Å². The van der Waals surface area contributed by atoms with Crippen molar-refractivity contribution in [2.24, 2.45) is 0 Å². The Kier molecular flexibility index (Phi) is 2.10. The summed E-state index contributed by atoms with van der Waals surface area (Å²) in [5.41, 5.74) is 2.59. The van der Waals surface area contributed by atoms with Gasteiger partial charge < -0.3 is 15.3 Å². The summed E-state index contributed by atoms with van der Waals surface area (Å²) in [5.74, 6) is 0. The molecule has 0 bridgehead atoms. The highest BCUT2D eigenvalue weighted by Gasteiger charge is 2.26. The Morgan fingerprint density at radius 2 is 1.40 bits per heavy atom. The largest absolute Gasteiger partial charge is 0.364 e. The third-order valence-electron chi connectivity index (χ3n) is 3.14. The molecule has 0 unspecified atom stereocenters. The molecule has 78 valence electrons. The molecular formula is C12H15N3. The van der Waals surface area contributed by atoms with Gasteiger partial charge in [0.1, 0.15) is 0 Å². The molecule has 3 heterocycles. The number of aromatic amines is 2. The van der Waals surface area contributed by atoms with Crippen LogP contribution >= 0.6 is 0 Å². The van der Waals surface area contributed by atoms with Crippen molar-refractivity contribution in [3.8, 4) is 0 Å². The third-order valence-corrected chi connectivity index (χ3v) is 3.14. The number of aromatic nitrogens is 2. The minimum atomic E-state index is 0.480. The molecule has 1 aliphatic rings. The van der Waals surface area contributed by atoms with E-state index in [2.05, 4.69) is 39.6 Å². The van der Waals surface area contributed by atoms with Gasteiger partial charge in [0, 0.05) is 35.9 Å². The lowest BCUT2D eigenvalue weighted by atomic mass is 10.1. The fraction of sp³-hybridized carbons (Fsp3) is 0.333. The second-order valence-corrected chi connectivity index (χ2v) is 4.10. The zero-order valence-corrected chi connectivity index (χ0v) is 8.53. The zero-order chi connectivity index (χ0) is 10.1. The van der Waals surface area contributed by atoms with E-state index < -0.39 is 0 Å². The van der Waals surface area contributed by atoms with Crippen molar-refractivity contribution >= 4 is 0 Å². The van der Waals surface area contributed by atoms with E-state index in [1.807, 2.05) is 12.4 Å². The highest BCUT2D eigenvalue weighted by Crippen LogP contribution is 2.32. The molecule has 2 aromatic rings. The van der Waals surface area contributed by atoms with Crippen LogP contribution in [0.1, 0.15) is 36.3 Å². The molecule has 3 rings (SSSR count). The fourth-order valence-electron chi connectivity index (χ4n) is 2.36. The second kappa shape index (κ2) is 3.59. The van der Waals surface area contributed by atoms with Crippen molar-refractivity contribution in [3.63, 3.8) is 0 Å². The summed E-state index contributed by atoms with van der Waals surface area (Å²) in [6, 6.07) is 9.36. The maximum atomic E-state index is 3.63. The molecule has 0 aliphatic carbocycles. The van der Waals surface area contributed by atoms with E-state index in [9.17, 15) is 0 Å². The van der Waals surface area contributed by atoms with Crippen LogP contribution in [-0.4, -0.2) is 9.97 Å². The van der Waals surface area contributed by atoms with Gasteiger partial charge in [-0.1, -0.05) is 0 Å². The second-order valence-electron chi connectivity index (χ2n) is 4.10. The first-order chi connectivity index (χ1) is 7.43. The summed E-state index contributed by atoms with van der Waals surface area (Å²) < 4.78 is 0. The number of hydrogen-bond donors (Lipinski definition) is 3. The van der Waals surface area contributed by atoms with E-state index in [0.29, 0.717) is 12.1 Å². The van der Waals surface area contributed by atoms with Crippen LogP contribution in [0.15, 0.2) is 36.7 Å². The minimum absolute atomic E-state index is 0.480. The van der Waals surface area contributed by atoms with Crippen LogP contribution in [-0.2, 0) is 0 Å². The predicted molar refractivity (Wildman–Crippen MR) is 59.4 cm³/mol. The Labute approximate surface area is 88.9 Å². The molecule has 1 saturated heterocycles. The molecule has 0 aromatic carbocycles. The van der Waals surface area contributed by atoms with Crippen molar-refractivity contribution in [3.05, 3.63) is 48.0 Å². The van der Waals surface area contributed by atoms with Crippen LogP contribution in [0.4, 0.5) is 0 Å². The molecule has 0 amide bonds. The lowest BCUT2D eigenvalue weighted by Gasteiger charge is -2.12. The molecule has 3 heteroatoms. The molecule has 0 saturated carbocycles. The van der Waals surface area contributed by atoms with Crippen molar-refractivity contribution in [1.29, 1.82) is 0 Å². The molecule has 1 fully saturated rings. The fourth-order valence-corrected chi connectivity index (χ4v) is 2.36. The average Bonchev–Trinajstić information content (AvgIpc) is 3.02. The lowest BCUT2D eigenvalue weighted by Crippen LogP contribution is -2.17. The van der Waals surface area contributed by atoms with Crippen molar-refractivity contribution in [1.82, 2.24) is 15.3 Å². The molecule has 0 radical (unpaired) electrons. The number of nitrogens with one attached hydrogen (secondary N) is 3. The van der Waals surface area contributed by atoms with E-state index in [4.69, 9.17) is 0 Å². The van der Waals surface area contributed by atoms with Crippen LogP contribution in [0.2, 0.25) is 0 Å². The van der Waals surface area contributed by atoms with Gasteiger partial charge in [-0.05, 0) is 37.1 Å². The van der Waals surface area contributed by atoms with Crippen LogP contribution in [0.25, 0.3) is 0 Å². The number of rotatable bonds is 2. The Morgan fingerprint density at radius 1 is 0.867 bits per heavy atom. The van der Waals surface area contributed by atoms with E-state index in [-0.39, 0.29) is 0 Å². The van der Waals surface area contributed by atoms with Crippen LogP contribution in [0, 0.1) is 0 Å². The third kappa shape index (κ3) is 1.59. The predicted octanol–water partition coefficient (Wildman–Crippen LogP) is 2.51. The van der Waals surface area contributed by atoms with Gasteiger partial charge in [-0.2, -0.15) is 0 Å². The van der Waals surface area contributed by atoms with E-state index >= 15 is 0 Å². The number of hydrogen-bond acceptors (Lipinski definition) is 1. The van der Waals surface area contributed by atoms with Gasteiger partial charge in [0.25, 0.3) is 0 Å². The maximum Gasteiger partial charge on any atom is 0.0478 e. The molecule has 15 heavy (non-hydrogen) atoms. The van der Waals surface area contributed by atoms with Gasteiger partial charge in [0.05, 0.1) is 0 Å². The topological polar surface area (TPSA) is 43.6 Å². The molecule has 3 nitrogen and oxygen atoms in total. The molecular weight excluding hydrogens is 186 g/mol. The zero-order valence-electron chi connectivity index (χ0n) is 8.53. The summed E-state index contributed by atoms with van der Waals surface area (Å²) in [6.45, 7) is 0. The first-order valence-electron chi connectivity index (χ1n) is 5.46. The highest BCUT2D eigenvalue weighted by atomic mass is 15.0. The SMILES string of the molecule is c1c[nH]c([C@@H]2CC[C@@H](c3ccc[nH]3)N2)c1. The summed E-state index contributed by atoms with van der Waals surface area (Å²) in [7, 11) is 0. The average molecular weight is 201 g/mol. The first kappa shape index (κ1) is 8.80. The Morgan fingerprint density at radius 3 is 1.80 bits per heavy atom. The monoisotopic (exact) mass is 201 g/mol. The molecule has 1 aliphatic heterocycles. The van der Waals surface area contributed by atoms with Crippen LogP contribution in [0.5, 0.6) is 0 Å². The first-order valence-corrected chi connectivity index (χ1v) is 5.46. The van der Waals surface area contributed by atoms with Gasteiger partial charge in [-0.15, -0.1) is 0 Å². The summed E-state index contributed by atoms with van der Waals surface area (Å²) in [5, 5.41) is 3.63. The molecule has 3 N–H and O–H groups in total. The van der Waals surface area contributed by atoms with E-state index in [0.717, 1.165) is 0 Å². The van der Waals surface area contributed by atoms with Crippen molar-refractivity contribution in [2.75, 3.05) is 0 Å². The number of H-pyrrole nitrogens is 2. The Balaban J connectivity index is 1.74. The lowest BCUT2D eigenvalue weighted by molar-refractivity contribution is 0.558. The van der Waals surface area contributed by atoms with Crippen LogP contribution < -0.4 is 5.32 Å². The van der Waals surface area contributed by atoms with Gasteiger partial charge in [0.2, 0.25) is 0 Å². The molecule has 2 atom stereocenters. The van der Waals surface area contributed by atoms with Crippen molar-refractivity contribution < 1.29 is 0 Å². The molecule has 0 spiro atoms. The van der Waals surface area contributed by atoms with E-state index in [1.165, 1.54) is 24.2 Å². The Bertz CT molecular complexity index is 362. The Hall–Kier alpha value is -1.48. The minimum Gasteiger partial charge on any atom is -0.364 e. The quantitative estimate of drug-likeness (QED) is 0.686. The molecule has 2 aromatic heterocycles. The maximum absolute atomic E-state index is 3.63. The van der Waals surface area contributed by atoms with E-state index in [1.54, 1.807) is 0 Å². The van der Waals surface area contributed by atoms with Gasteiger partial charge in [-0.25, -0.2) is 0 Å².